The Hall–Kier alpha value is -0.120. The largest absolute Gasteiger partial charge is 0.396 e. The first-order valence-corrected chi connectivity index (χ1v) is 7.96. The first-order chi connectivity index (χ1) is 9.00. The van der Waals surface area contributed by atoms with Gasteiger partial charge in [-0.2, -0.15) is 0 Å². The molecule has 0 aromatic heterocycles. The Labute approximate surface area is 118 Å². The van der Waals surface area contributed by atoms with Crippen molar-refractivity contribution in [3.05, 3.63) is 0 Å². The van der Waals surface area contributed by atoms with E-state index in [1.807, 2.05) is 0 Å². The first kappa shape index (κ1) is 15.3. The summed E-state index contributed by atoms with van der Waals surface area (Å²) in [5.74, 6) is 0.675. The van der Waals surface area contributed by atoms with Crippen LogP contribution in [0.1, 0.15) is 53.4 Å². The average Bonchev–Trinajstić information content (AvgIpc) is 2.44. The molecule has 0 aromatic carbocycles. The zero-order valence-corrected chi connectivity index (χ0v) is 13.0. The summed E-state index contributed by atoms with van der Waals surface area (Å²) in [6, 6.07) is 0.543. The molecule has 0 amide bonds. The maximum atomic E-state index is 9.68. The van der Waals surface area contributed by atoms with Gasteiger partial charge in [0, 0.05) is 42.5 Å². The monoisotopic (exact) mass is 269 g/mol. The number of aliphatic hydroxyl groups is 1. The van der Waals surface area contributed by atoms with E-state index in [0.717, 1.165) is 26.0 Å². The molecule has 0 radical (unpaired) electrons. The lowest BCUT2D eigenvalue weighted by atomic mass is 9.55. The smallest absolute Gasteiger partial charge is 0.0684 e. The topological polar surface area (TPSA) is 41.5 Å². The van der Waals surface area contributed by atoms with Crippen LogP contribution in [-0.2, 0) is 4.74 Å². The van der Waals surface area contributed by atoms with E-state index in [9.17, 15) is 5.11 Å². The van der Waals surface area contributed by atoms with Crippen LogP contribution >= 0.6 is 0 Å². The van der Waals surface area contributed by atoms with Crippen molar-refractivity contribution in [3.8, 4) is 0 Å². The van der Waals surface area contributed by atoms with E-state index in [-0.39, 0.29) is 17.4 Å². The third-order valence-corrected chi connectivity index (χ3v) is 5.86. The van der Waals surface area contributed by atoms with Crippen LogP contribution in [0, 0.1) is 16.7 Å². The van der Waals surface area contributed by atoms with E-state index in [1.165, 1.54) is 12.8 Å². The molecule has 19 heavy (non-hydrogen) atoms. The summed E-state index contributed by atoms with van der Waals surface area (Å²) in [5, 5.41) is 13.4. The molecule has 0 bridgehead atoms. The fourth-order valence-electron chi connectivity index (χ4n) is 4.04. The SMILES string of the molecule is CCC(CC)(CO)CNC1C2CCCOC2C1(C)C. The van der Waals surface area contributed by atoms with Crippen molar-refractivity contribution in [2.45, 2.75) is 65.5 Å². The van der Waals surface area contributed by atoms with Gasteiger partial charge in [0.1, 0.15) is 0 Å². The van der Waals surface area contributed by atoms with E-state index in [0.29, 0.717) is 18.1 Å². The number of nitrogens with one attached hydrogen (secondary N) is 1. The van der Waals surface area contributed by atoms with Gasteiger partial charge in [-0.15, -0.1) is 0 Å². The zero-order valence-electron chi connectivity index (χ0n) is 13.0. The molecule has 112 valence electrons. The third kappa shape index (κ3) is 2.57. The second kappa shape index (κ2) is 5.71. The van der Waals surface area contributed by atoms with E-state index >= 15 is 0 Å². The van der Waals surface area contributed by atoms with Crippen LogP contribution in [0.15, 0.2) is 0 Å². The van der Waals surface area contributed by atoms with Crippen LogP contribution in [0.25, 0.3) is 0 Å². The average molecular weight is 269 g/mol. The quantitative estimate of drug-likeness (QED) is 0.779. The highest BCUT2D eigenvalue weighted by atomic mass is 16.5. The van der Waals surface area contributed by atoms with Gasteiger partial charge in [0.15, 0.2) is 0 Å². The summed E-state index contributed by atoms with van der Waals surface area (Å²) in [4.78, 5) is 0. The minimum atomic E-state index is 0.0523. The van der Waals surface area contributed by atoms with Crippen LogP contribution in [0.5, 0.6) is 0 Å². The molecule has 1 aliphatic heterocycles. The molecule has 2 aliphatic rings. The Balaban J connectivity index is 1.95. The van der Waals surface area contributed by atoms with Gasteiger partial charge in [-0.1, -0.05) is 27.7 Å². The second-order valence-corrected chi connectivity index (χ2v) is 7.14. The Bertz CT molecular complexity index is 291. The van der Waals surface area contributed by atoms with Crippen molar-refractivity contribution in [3.63, 3.8) is 0 Å². The van der Waals surface area contributed by atoms with Gasteiger partial charge in [-0.3, -0.25) is 0 Å². The molecule has 1 heterocycles. The maximum absolute atomic E-state index is 9.68. The van der Waals surface area contributed by atoms with Crippen LogP contribution in [-0.4, -0.2) is 37.0 Å². The highest BCUT2D eigenvalue weighted by Crippen LogP contribution is 2.51. The van der Waals surface area contributed by atoms with Crippen molar-refractivity contribution in [2.75, 3.05) is 19.8 Å². The second-order valence-electron chi connectivity index (χ2n) is 7.14. The van der Waals surface area contributed by atoms with E-state index in [1.54, 1.807) is 0 Å². The van der Waals surface area contributed by atoms with Gasteiger partial charge in [0.2, 0.25) is 0 Å². The van der Waals surface area contributed by atoms with Gasteiger partial charge in [-0.25, -0.2) is 0 Å². The minimum absolute atomic E-state index is 0.0523. The Morgan fingerprint density at radius 1 is 1.32 bits per heavy atom. The molecule has 0 spiro atoms. The molecular formula is C16H31NO2. The van der Waals surface area contributed by atoms with Crippen molar-refractivity contribution in [1.82, 2.24) is 5.32 Å². The summed E-state index contributed by atoms with van der Waals surface area (Å²) in [7, 11) is 0. The standard InChI is InChI=1S/C16H31NO2/c1-5-16(6-2,11-18)10-17-13-12-8-7-9-19-14(12)15(13,3)4/h12-14,17-18H,5-11H2,1-4H3. The minimum Gasteiger partial charge on any atom is -0.396 e. The van der Waals surface area contributed by atoms with Crippen molar-refractivity contribution >= 4 is 0 Å². The van der Waals surface area contributed by atoms with Crippen molar-refractivity contribution in [2.24, 2.45) is 16.7 Å². The summed E-state index contributed by atoms with van der Waals surface area (Å²) in [6.07, 6.45) is 4.99. The number of fused-ring (bicyclic) bond motifs is 1. The maximum Gasteiger partial charge on any atom is 0.0684 e. The molecule has 3 heteroatoms. The predicted octanol–water partition coefficient (Wildman–Crippen LogP) is 2.58. The lowest BCUT2D eigenvalue weighted by Crippen LogP contribution is -2.70. The molecular weight excluding hydrogens is 238 g/mol. The Kier molecular flexibility index (Phi) is 4.59. The number of rotatable bonds is 6. The van der Waals surface area contributed by atoms with E-state index < -0.39 is 0 Å². The van der Waals surface area contributed by atoms with Crippen molar-refractivity contribution < 1.29 is 9.84 Å². The lowest BCUT2D eigenvalue weighted by Gasteiger charge is -2.60. The molecule has 2 fully saturated rings. The molecule has 3 atom stereocenters. The molecule has 2 rings (SSSR count). The number of aliphatic hydroxyl groups excluding tert-OH is 1. The van der Waals surface area contributed by atoms with E-state index in [4.69, 9.17) is 4.74 Å². The van der Waals surface area contributed by atoms with Crippen molar-refractivity contribution in [1.29, 1.82) is 0 Å². The van der Waals surface area contributed by atoms with E-state index in [2.05, 4.69) is 33.0 Å². The Morgan fingerprint density at radius 2 is 2.00 bits per heavy atom. The van der Waals surface area contributed by atoms with Gasteiger partial charge in [-0.05, 0) is 25.7 Å². The molecule has 3 nitrogen and oxygen atoms in total. The fraction of sp³-hybridized carbons (Fsp3) is 1.00. The van der Waals surface area contributed by atoms with Gasteiger partial charge < -0.3 is 15.2 Å². The molecule has 1 aliphatic carbocycles. The lowest BCUT2D eigenvalue weighted by molar-refractivity contribution is -0.194. The summed E-state index contributed by atoms with van der Waals surface area (Å²) in [6.45, 7) is 11.1. The molecule has 0 aromatic rings. The molecule has 3 unspecified atom stereocenters. The molecule has 2 N–H and O–H groups in total. The third-order valence-electron chi connectivity index (χ3n) is 5.86. The Morgan fingerprint density at radius 3 is 2.58 bits per heavy atom. The summed E-state index contributed by atoms with van der Waals surface area (Å²) in [5.41, 5.74) is 0.282. The number of hydrogen-bond donors (Lipinski definition) is 2. The van der Waals surface area contributed by atoms with Gasteiger partial charge in [0.25, 0.3) is 0 Å². The van der Waals surface area contributed by atoms with Crippen LogP contribution in [0.4, 0.5) is 0 Å². The van der Waals surface area contributed by atoms with Gasteiger partial charge >= 0.3 is 0 Å². The summed E-state index contributed by atoms with van der Waals surface area (Å²) < 4.78 is 5.94. The molecule has 1 saturated heterocycles. The first-order valence-electron chi connectivity index (χ1n) is 7.96. The normalized spacial score (nSPS) is 33.6. The highest BCUT2D eigenvalue weighted by molar-refractivity contribution is 5.10. The van der Waals surface area contributed by atoms with Crippen LogP contribution in [0.2, 0.25) is 0 Å². The number of hydrogen-bond acceptors (Lipinski definition) is 3. The van der Waals surface area contributed by atoms with Crippen LogP contribution < -0.4 is 5.32 Å². The summed E-state index contributed by atoms with van der Waals surface area (Å²) >= 11 is 0. The van der Waals surface area contributed by atoms with Crippen LogP contribution in [0.3, 0.4) is 0 Å². The zero-order chi connectivity index (χ0) is 14.1. The fourth-order valence-corrected chi connectivity index (χ4v) is 4.04. The number of ether oxygens (including phenoxy) is 1. The highest BCUT2D eigenvalue weighted by Gasteiger charge is 2.57. The molecule has 1 saturated carbocycles. The van der Waals surface area contributed by atoms with Gasteiger partial charge in [0.05, 0.1) is 6.10 Å². The predicted molar refractivity (Wildman–Crippen MR) is 78.1 cm³/mol.